The zero-order valence-electron chi connectivity index (χ0n) is 10.1. The molecule has 80 valence electrons. The molecule has 1 aliphatic heterocycles. The molecule has 2 atom stereocenters. The zero-order valence-corrected chi connectivity index (χ0v) is 10.1. The van der Waals surface area contributed by atoms with Crippen LogP contribution in [0.3, 0.4) is 0 Å². The van der Waals surface area contributed by atoms with Crippen LogP contribution in [-0.2, 0) is 0 Å². The third-order valence-corrected chi connectivity index (χ3v) is 2.97. The highest BCUT2D eigenvalue weighted by atomic mass is 14.9. The van der Waals surface area contributed by atoms with Crippen LogP contribution < -0.4 is 5.32 Å². The van der Waals surface area contributed by atoms with E-state index in [4.69, 9.17) is 0 Å². The maximum absolute atomic E-state index is 3.55. The van der Waals surface area contributed by atoms with Crippen LogP contribution >= 0.6 is 0 Å². The Kier molecular flexibility index (Phi) is 7.35. The summed E-state index contributed by atoms with van der Waals surface area (Å²) in [4.78, 5) is 0. The van der Waals surface area contributed by atoms with Gasteiger partial charge in [0.15, 0.2) is 0 Å². The van der Waals surface area contributed by atoms with Gasteiger partial charge in [-0.2, -0.15) is 0 Å². The third kappa shape index (κ3) is 4.66. The first kappa shape index (κ1) is 13.0. The first-order valence-corrected chi connectivity index (χ1v) is 5.97. The predicted molar refractivity (Wildman–Crippen MR) is 61.0 cm³/mol. The van der Waals surface area contributed by atoms with Gasteiger partial charge in [-0.25, -0.2) is 0 Å². The van der Waals surface area contributed by atoms with Gasteiger partial charge in [0.2, 0.25) is 0 Å². The fraction of sp³-hybridized carbons (Fsp3) is 1.00. The lowest BCUT2D eigenvalue weighted by Crippen LogP contribution is -2.38. The molecular weight excluding hydrogens is 158 g/mol. The lowest BCUT2D eigenvalue weighted by molar-refractivity contribution is 0.239. The Morgan fingerprint density at radius 3 is 2.38 bits per heavy atom. The SMILES string of the molecule is CC.CC[C@H]1CC(C(C)C)CCN1. The molecule has 1 aliphatic rings. The fourth-order valence-corrected chi connectivity index (χ4v) is 1.96. The third-order valence-electron chi connectivity index (χ3n) is 2.97. The molecule has 0 radical (unpaired) electrons. The second-order valence-electron chi connectivity index (χ2n) is 4.09. The van der Waals surface area contributed by atoms with Crippen molar-refractivity contribution < 1.29 is 0 Å². The van der Waals surface area contributed by atoms with Gasteiger partial charge in [0.25, 0.3) is 0 Å². The molecule has 0 aromatic heterocycles. The predicted octanol–water partition coefficient (Wildman–Crippen LogP) is 3.45. The summed E-state index contributed by atoms with van der Waals surface area (Å²) in [7, 11) is 0. The Balaban J connectivity index is 0.000000671. The van der Waals surface area contributed by atoms with Gasteiger partial charge in [-0.1, -0.05) is 34.6 Å². The van der Waals surface area contributed by atoms with Crippen molar-refractivity contribution >= 4 is 0 Å². The van der Waals surface area contributed by atoms with Crippen molar-refractivity contribution in [1.29, 1.82) is 0 Å². The topological polar surface area (TPSA) is 12.0 Å². The Morgan fingerprint density at radius 2 is 1.92 bits per heavy atom. The molecule has 1 rings (SSSR count). The molecule has 1 unspecified atom stereocenters. The Bertz CT molecular complexity index is 110. The second kappa shape index (κ2) is 7.37. The van der Waals surface area contributed by atoms with Gasteiger partial charge < -0.3 is 5.32 Å². The highest BCUT2D eigenvalue weighted by Gasteiger charge is 2.21. The average molecular weight is 185 g/mol. The van der Waals surface area contributed by atoms with E-state index in [9.17, 15) is 0 Å². The molecule has 1 N–H and O–H groups in total. The van der Waals surface area contributed by atoms with Gasteiger partial charge in [0.05, 0.1) is 0 Å². The minimum absolute atomic E-state index is 0.802. The Labute approximate surface area is 84.3 Å². The van der Waals surface area contributed by atoms with Gasteiger partial charge in [0.1, 0.15) is 0 Å². The molecule has 1 saturated heterocycles. The summed E-state index contributed by atoms with van der Waals surface area (Å²) in [6, 6.07) is 0.802. The molecule has 0 spiro atoms. The van der Waals surface area contributed by atoms with Crippen LogP contribution in [0.2, 0.25) is 0 Å². The highest BCUT2D eigenvalue weighted by Crippen LogP contribution is 2.24. The molecule has 13 heavy (non-hydrogen) atoms. The van der Waals surface area contributed by atoms with Gasteiger partial charge in [-0.3, -0.25) is 0 Å². The minimum Gasteiger partial charge on any atom is -0.314 e. The normalized spacial score (nSPS) is 28.2. The van der Waals surface area contributed by atoms with E-state index >= 15 is 0 Å². The Morgan fingerprint density at radius 1 is 1.31 bits per heavy atom. The van der Waals surface area contributed by atoms with Gasteiger partial charge in [0, 0.05) is 6.04 Å². The number of hydrogen-bond donors (Lipinski definition) is 1. The van der Waals surface area contributed by atoms with Gasteiger partial charge in [-0.15, -0.1) is 0 Å². The lowest BCUT2D eigenvalue weighted by Gasteiger charge is -2.32. The number of rotatable bonds is 2. The number of hydrogen-bond acceptors (Lipinski definition) is 1. The van der Waals surface area contributed by atoms with E-state index in [1.807, 2.05) is 13.8 Å². The van der Waals surface area contributed by atoms with Crippen molar-refractivity contribution in [2.45, 2.75) is 59.9 Å². The van der Waals surface area contributed by atoms with E-state index in [2.05, 4.69) is 26.1 Å². The van der Waals surface area contributed by atoms with Crippen LogP contribution in [0, 0.1) is 11.8 Å². The summed E-state index contributed by atoms with van der Waals surface area (Å²) < 4.78 is 0. The van der Waals surface area contributed by atoms with Crippen LogP contribution in [0.5, 0.6) is 0 Å². The molecule has 0 aromatic carbocycles. The van der Waals surface area contributed by atoms with E-state index in [1.165, 1.54) is 25.8 Å². The van der Waals surface area contributed by atoms with E-state index in [1.54, 1.807) is 0 Å². The standard InChI is InChI=1S/C10H21N.C2H6/c1-4-10-7-9(8(2)3)5-6-11-10;1-2/h8-11H,4-7H2,1-3H3;1-2H3/t9?,10-;/m0./s1. The Hall–Kier alpha value is -0.0400. The van der Waals surface area contributed by atoms with Crippen LogP contribution in [0.25, 0.3) is 0 Å². The summed E-state index contributed by atoms with van der Waals surface area (Å²) in [5.41, 5.74) is 0. The number of piperidine rings is 1. The van der Waals surface area contributed by atoms with E-state index < -0.39 is 0 Å². The summed E-state index contributed by atoms with van der Waals surface area (Å²) >= 11 is 0. The van der Waals surface area contributed by atoms with Crippen molar-refractivity contribution in [1.82, 2.24) is 5.32 Å². The molecule has 1 heteroatoms. The van der Waals surface area contributed by atoms with Crippen molar-refractivity contribution in [2.75, 3.05) is 6.54 Å². The molecule has 0 saturated carbocycles. The van der Waals surface area contributed by atoms with E-state index in [0.29, 0.717) is 0 Å². The van der Waals surface area contributed by atoms with Crippen molar-refractivity contribution in [3.63, 3.8) is 0 Å². The van der Waals surface area contributed by atoms with Gasteiger partial charge in [-0.05, 0) is 37.6 Å². The molecule has 0 aliphatic carbocycles. The van der Waals surface area contributed by atoms with Crippen molar-refractivity contribution in [3.8, 4) is 0 Å². The molecular formula is C12H27N. The van der Waals surface area contributed by atoms with E-state index in [-0.39, 0.29) is 0 Å². The summed E-state index contributed by atoms with van der Waals surface area (Å²) in [6.07, 6.45) is 4.07. The molecule has 0 bridgehead atoms. The quantitative estimate of drug-likeness (QED) is 0.695. The molecule has 1 fully saturated rings. The molecule has 0 aromatic rings. The monoisotopic (exact) mass is 185 g/mol. The number of nitrogens with one attached hydrogen (secondary N) is 1. The molecule has 1 nitrogen and oxygen atoms in total. The van der Waals surface area contributed by atoms with E-state index in [0.717, 1.165) is 17.9 Å². The summed E-state index contributed by atoms with van der Waals surface area (Å²) in [5.74, 6) is 1.85. The minimum atomic E-state index is 0.802. The van der Waals surface area contributed by atoms with Gasteiger partial charge >= 0.3 is 0 Å². The largest absolute Gasteiger partial charge is 0.314 e. The first-order valence-electron chi connectivity index (χ1n) is 5.97. The maximum atomic E-state index is 3.55. The fourth-order valence-electron chi connectivity index (χ4n) is 1.96. The van der Waals surface area contributed by atoms with Crippen LogP contribution in [0.1, 0.15) is 53.9 Å². The van der Waals surface area contributed by atoms with Crippen LogP contribution in [0.15, 0.2) is 0 Å². The second-order valence-corrected chi connectivity index (χ2v) is 4.09. The van der Waals surface area contributed by atoms with Crippen molar-refractivity contribution in [2.24, 2.45) is 11.8 Å². The highest BCUT2D eigenvalue weighted by molar-refractivity contribution is 4.78. The average Bonchev–Trinajstić information content (AvgIpc) is 2.21. The maximum Gasteiger partial charge on any atom is 0.00671 e. The van der Waals surface area contributed by atoms with Crippen LogP contribution in [-0.4, -0.2) is 12.6 Å². The smallest absolute Gasteiger partial charge is 0.00671 e. The summed E-state index contributed by atoms with van der Waals surface area (Å²) in [5, 5.41) is 3.55. The first-order chi connectivity index (χ1) is 6.24. The summed E-state index contributed by atoms with van der Waals surface area (Å²) in [6.45, 7) is 12.2. The molecule has 1 heterocycles. The molecule has 0 amide bonds. The van der Waals surface area contributed by atoms with Crippen LogP contribution in [0.4, 0.5) is 0 Å². The zero-order chi connectivity index (χ0) is 10.3. The lowest BCUT2D eigenvalue weighted by atomic mass is 9.83. The van der Waals surface area contributed by atoms with Crippen molar-refractivity contribution in [3.05, 3.63) is 0 Å².